The summed E-state index contributed by atoms with van der Waals surface area (Å²) in [4.78, 5) is 24.4. The molecular weight excluding hydrogens is 268 g/mol. The second kappa shape index (κ2) is 6.45. The topological polar surface area (TPSA) is 57.6 Å². The maximum Gasteiger partial charge on any atom is 0.336 e. The van der Waals surface area contributed by atoms with Gasteiger partial charge in [0.2, 0.25) is 0 Å². The Morgan fingerprint density at radius 2 is 1.70 bits per heavy atom. The molecule has 1 aromatic carbocycles. The summed E-state index contributed by atoms with van der Waals surface area (Å²) in [6, 6.07) is 1.16. The number of carboxylic acids is 1. The van der Waals surface area contributed by atoms with E-state index in [4.69, 9.17) is 5.11 Å². The van der Waals surface area contributed by atoms with E-state index in [1.54, 1.807) is 0 Å². The Morgan fingerprint density at radius 3 is 2.15 bits per heavy atom. The molecule has 0 radical (unpaired) electrons. The molecule has 0 heterocycles. The summed E-state index contributed by atoms with van der Waals surface area (Å²) in [6.07, 6.45) is 0.730. The van der Waals surface area contributed by atoms with Crippen LogP contribution in [0.5, 0.6) is 0 Å². The third kappa shape index (κ3) is 3.76. The SMILES string of the molecule is CC(C)CCN(C)C(=O)c1cc(F)c(F)cc1C(=O)O. The highest BCUT2D eigenvalue weighted by atomic mass is 19.2. The van der Waals surface area contributed by atoms with Crippen LogP contribution >= 0.6 is 0 Å². The number of halogens is 2. The molecule has 0 atom stereocenters. The molecule has 0 aromatic heterocycles. The Morgan fingerprint density at radius 1 is 1.20 bits per heavy atom. The van der Waals surface area contributed by atoms with Crippen LogP contribution in [-0.2, 0) is 0 Å². The van der Waals surface area contributed by atoms with E-state index in [2.05, 4.69) is 0 Å². The van der Waals surface area contributed by atoms with Crippen LogP contribution in [0.3, 0.4) is 0 Å². The molecule has 0 aliphatic heterocycles. The number of carbonyl (C=O) groups is 2. The number of aromatic carboxylic acids is 1. The lowest BCUT2D eigenvalue weighted by molar-refractivity contribution is 0.0680. The Kier molecular flexibility index (Phi) is 5.19. The fourth-order valence-electron chi connectivity index (χ4n) is 1.66. The molecule has 0 aliphatic rings. The summed E-state index contributed by atoms with van der Waals surface area (Å²) >= 11 is 0. The second-order valence-corrected chi connectivity index (χ2v) is 5.03. The number of carboxylic acid groups (broad SMARTS) is 1. The van der Waals surface area contributed by atoms with Crippen LogP contribution in [-0.4, -0.2) is 35.5 Å². The summed E-state index contributed by atoms with van der Waals surface area (Å²) < 4.78 is 26.3. The van der Waals surface area contributed by atoms with Crippen molar-refractivity contribution in [1.29, 1.82) is 0 Å². The van der Waals surface area contributed by atoms with Gasteiger partial charge in [-0.15, -0.1) is 0 Å². The van der Waals surface area contributed by atoms with Gasteiger partial charge in [-0.25, -0.2) is 13.6 Å². The van der Waals surface area contributed by atoms with Crippen LogP contribution < -0.4 is 0 Å². The van der Waals surface area contributed by atoms with Crippen molar-refractivity contribution in [2.45, 2.75) is 20.3 Å². The van der Waals surface area contributed by atoms with E-state index in [-0.39, 0.29) is 5.56 Å². The van der Waals surface area contributed by atoms with Gasteiger partial charge in [-0.3, -0.25) is 4.79 Å². The van der Waals surface area contributed by atoms with Gasteiger partial charge in [0.25, 0.3) is 5.91 Å². The Balaban J connectivity index is 3.08. The first-order chi connectivity index (χ1) is 9.23. The minimum absolute atomic E-state index is 0.345. The van der Waals surface area contributed by atoms with Crippen molar-refractivity contribution in [3.63, 3.8) is 0 Å². The van der Waals surface area contributed by atoms with Gasteiger partial charge in [-0.1, -0.05) is 13.8 Å². The van der Waals surface area contributed by atoms with E-state index in [9.17, 15) is 18.4 Å². The van der Waals surface area contributed by atoms with E-state index >= 15 is 0 Å². The van der Waals surface area contributed by atoms with E-state index in [1.165, 1.54) is 11.9 Å². The van der Waals surface area contributed by atoms with Crippen molar-refractivity contribution >= 4 is 11.9 Å². The van der Waals surface area contributed by atoms with Gasteiger partial charge in [-0.2, -0.15) is 0 Å². The summed E-state index contributed by atoms with van der Waals surface area (Å²) in [7, 11) is 1.50. The van der Waals surface area contributed by atoms with Gasteiger partial charge in [0.15, 0.2) is 11.6 Å². The molecule has 20 heavy (non-hydrogen) atoms. The van der Waals surface area contributed by atoms with Crippen molar-refractivity contribution in [2.75, 3.05) is 13.6 Å². The predicted molar refractivity (Wildman–Crippen MR) is 69.7 cm³/mol. The van der Waals surface area contributed by atoms with Gasteiger partial charge in [0.1, 0.15) is 0 Å². The molecule has 0 fully saturated rings. The number of hydrogen-bond acceptors (Lipinski definition) is 2. The van der Waals surface area contributed by atoms with Gasteiger partial charge in [0.05, 0.1) is 11.1 Å². The van der Waals surface area contributed by atoms with Crippen LogP contribution in [0.15, 0.2) is 12.1 Å². The van der Waals surface area contributed by atoms with Crippen molar-refractivity contribution in [3.05, 3.63) is 34.9 Å². The molecule has 4 nitrogen and oxygen atoms in total. The first kappa shape index (κ1) is 16.1. The minimum atomic E-state index is -1.47. The average molecular weight is 285 g/mol. The molecule has 1 amide bonds. The van der Waals surface area contributed by atoms with Gasteiger partial charge < -0.3 is 10.0 Å². The lowest BCUT2D eigenvalue weighted by Crippen LogP contribution is -2.30. The van der Waals surface area contributed by atoms with E-state index in [0.717, 1.165) is 6.42 Å². The normalized spacial score (nSPS) is 10.7. The molecule has 110 valence electrons. The number of amides is 1. The quantitative estimate of drug-likeness (QED) is 0.905. The molecule has 6 heteroatoms. The fourth-order valence-corrected chi connectivity index (χ4v) is 1.66. The van der Waals surface area contributed by atoms with Crippen molar-refractivity contribution in [3.8, 4) is 0 Å². The van der Waals surface area contributed by atoms with Crippen molar-refractivity contribution in [1.82, 2.24) is 4.90 Å². The maximum atomic E-state index is 13.2. The number of hydrogen-bond donors (Lipinski definition) is 1. The molecule has 0 unspecified atom stereocenters. The van der Waals surface area contributed by atoms with E-state index < -0.39 is 29.1 Å². The largest absolute Gasteiger partial charge is 0.478 e. The molecular formula is C14H17F2NO3. The zero-order valence-corrected chi connectivity index (χ0v) is 11.6. The third-order valence-electron chi connectivity index (χ3n) is 2.91. The number of carbonyl (C=O) groups excluding carboxylic acids is 1. The zero-order valence-electron chi connectivity index (χ0n) is 11.6. The minimum Gasteiger partial charge on any atom is -0.478 e. The van der Waals surface area contributed by atoms with Crippen LogP contribution in [0.4, 0.5) is 8.78 Å². The standard InChI is InChI=1S/C14H17F2NO3/c1-8(2)4-5-17(3)13(18)9-6-11(15)12(16)7-10(9)14(19)20/h6-8H,4-5H2,1-3H3,(H,19,20). The monoisotopic (exact) mass is 285 g/mol. The Bertz CT molecular complexity index is 529. The van der Waals surface area contributed by atoms with Gasteiger partial charge in [0, 0.05) is 13.6 Å². The van der Waals surface area contributed by atoms with Gasteiger partial charge in [-0.05, 0) is 24.5 Å². The lowest BCUT2D eigenvalue weighted by Gasteiger charge is -2.19. The number of benzene rings is 1. The Labute approximate surface area is 116 Å². The van der Waals surface area contributed by atoms with Crippen LogP contribution in [0.1, 0.15) is 41.0 Å². The van der Waals surface area contributed by atoms with E-state index in [1.807, 2.05) is 13.8 Å². The summed E-state index contributed by atoms with van der Waals surface area (Å²) in [5.41, 5.74) is -0.882. The summed E-state index contributed by atoms with van der Waals surface area (Å²) in [5, 5.41) is 8.97. The zero-order chi connectivity index (χ0) is 15.4. The van der Waals surface area contributed by atoms with Crippen LogP contribution in [0, 0.1) is 17.6 Å². The highest BCUT2D eigenvalue weighted by molar-refractivity contribution is 6.04. The first-order valence-electron chi connectivity index (χ1n) is 6.21. The predicted octanol–water partition coefficient (Wildman–Crippen LogP) is 2.78. The van der Waals surface area contributed by atoms with Crippen molar-refractivity contribution in [2.24, 2.45) is 5.92 Å². The second-order valence-electron chi connectivity index (χ2n) is 5.03. The molecule has 1 rings (SSSR count). The lowest BCUT2D eigenvalue weighted by atomic mass is 10.0. The fraction of sp³-hybridized carbons (Fsp3) is 0.429. The van der Waals surface area contributed by atoms with Crippen LogP contribution in [0.2, 0.25) is 0 Å². The molecule has 0 bridgehead atoms. The number of rotatable bonds is 5. The highest BCUT2D eigenvalue weighted by Crippen LogP contribution is 2.17. The van der Waals surface area contributed by atoms with E-state index in [0.29, 0.717) is 24.6 Å². The van der Waals surface area contributed by atoms with Crippen LogP contribution in [0.25, 0.3) is 0 Å². The molecule has 1 N–H and O–H groups in total. The summed E-state index contributed by atoms with van der Waals surface area (Å²) in [6.45, 7) is 4.38. The summed E-state index contributed by atoms with van der Waals surface area (Å²) in [5.74, 6) is -4.26. The Hall–Kier alpha value is -1.98. The molecule has 0 saturated heterocycles. The smallest absolute Gasteiger partial charge is 0.336 e. The van der Waals surface area contributed by atoms with Gasteiger partial charge >= 0.3 is 5.97 Å². The highest BCUT2D eigenvalue weighted by Gasteiger charge is 2.22. The number of nitrogens with zero attached hydrogens (tertiary/aromatic N) is 1. The first-order valence-corrected chi connectivity index (χ1v) is 6.21. The maximum absolute atomic E-state index is 13.2. The molecule has 0 aliphatic carbocycles. The average Bonchev–Trinajstić information content (AvgIpc) is 2.37. The molecule has 0 saturated carbocycles. The molecule has 1 aromatic rings. The van der Waals surface area contributed by atoms with Crippen molar-refractivity contribution < 1.29 is 23.5 Å². The third-order valence-corrected chi connectivity index (χ3v) is 2.91. The molecule has 0 spiro atoms.